The van der Waals surface area contributed by atoms with Gasteiger partial charge >= 0.3 is 0 Å². The summed E-state index contributed by atoms with van der Waals surface area (Å²) >= 11 is 0. The first-order chi connectivity index (χ1) is 4.84. The van der Waals surface area contributed by atoms with E-state index < -0.39 is 0 Å². The van der Waals surface area contributed by atoms with Gasteiger partial charge in [-0.25, -0.2) is 5.90 Å². The number of nitrogens with two attached hydrogens (primary N) is 1. The second kappa shape index (κ2) is 3.91. The molecular formula is C7H16N2O. The fourth-order valence-electron chi connectivity index (χ4n) is 1.55. The monoisotopic (exact) mass is 144 g/mol. The van der Waals surface area contributed by atoms with Crippen molar-refractivity contribution < 1.29 is 4.84 Å². The van der Waals surface area contributed by atoms with E-state index in [0.29, 0.717) is 12.6 Å². The van der Waals surface area contributed by atoms with Crippen LogP contribution in [0.5, 0.6) is 0 Å². The second-order valence-electron chi connectivity index (χ2n) is 2.94. The Morgan fingerprint density at radius 2 is 2.50 bits per heavy atom. The first kappa shape index (κ1) is 7.98. The molecule has 3 heteroatoms. The maximum atomic E-state index is 4.93. The number of nitrogens with zero attached hydrogens (tertiary/aromatic N) is 1. The highest BCUT2D eigenvalue weighted by molar-refractivity contribution is 4.75. The van der Waals surface area contributed by atoms with Crippen LogP contribution in [0.25, 0.3) is 0 Å². The normalized spacial score (nSPS) is 27.6. The van der Waals surface area contributed by atoms with E-state index in [0.717, 1.165) is 6.42 Å². The molecule has 1 atom stereocenters. The summed E-state index contributed by atoms with van der Waals surface area (Å²) < 4.78 is 0. The van der Waals surface area contributed by atoms with E-state index >= 15 is 0 Å². The van der Waals surface area contributed by atoms with Crippen LogP contribution in [-0.4, -0.2) is 31.1 Å². The molecule has 2 N–H and O–H groups in total. The number of rotatable bonds is 3. The molecule has 0 saturated carbocycles. The van der Waals surface area contributed by atoms with Crippen LogP contribution in [0.15, 0.2) is 0 Å². The van der Waals surface area contributed by atoms with Gasteiger partial charge in [0, 0.05) is 6.04 Å². The summed E-state index contributed by atoms with van der Waals surface area (Å²) in [6.07, 6.45) is 3.71. The molecule has 0 aromatic heterocycles. The Balaban J connectivity index is 2.14. The summed E-state index contributed by atoms with van der Waals surface area (Å²) in [6.45, 7) is 1.92. The highest BCUT2D eigenvalue weighted by Crippen LogP contribution is 2.16. The highest BCUT2D eigenvalue weighted by Gasteiger charge is 2.19. The van der Waals surface area contributed by atoms with Crippen molar-refractivity contribution in [2.75, 3.05) is 20.2 Å². The molecule has 0 amide bonds. The van der Waals surface area contributed by atoms with Gasteiger partial charge in [0.25, 0.3) is 0 Å². The largest absolute Gasteiger partial charge is 0.305 e. The van der Waals surface area contributed by atoms with Gasteiger partial charge < -0.3 is 9.74 Å². The van der Waals surface area contributed by atoms with E-state index in [1.54, 1.807) is 0 Å². The summed E-state index contributed by atoms with van der Waals surface area (Å²) in [5, 5.41) is 0. The Labute approximate surface area is 62.1 Å². The molecule has 1 heterocycles. The first-order valence-corrected chi connectivity index (χ1v) is 3.86. The van der Waals surface area contributed by atoms with E-state index in [9.17, 15) is 0 Å². The molecule has 10 heavy (non-hydrogen) atoms. The molecule has 1 fully saturated rings. The van der Waals surface area contributed by atoms with Gasteiger partial charge in [-0.2, -0.15) is 0 Å². The van der Waals surface area contributed by atoms with E-state index in [-0.39, 0.29) is 0 Å². The van der Waals surface area contributed by atoms with Crippen molar-refractivity contribution in [3.63, 3.8) is 0 Å². The van der Waals surface area contributed by atoms with Crippen LogP contribution in [0.1, 0.15) is 19.3 Å². The maximum absolute atomic E-state index is 4.93. The van der Waals surface area contributed by atoms with Crippen LogP contribution in [0.4, 0.5) is 0 Å². The van der Waals surface area contributed by atoms with Crippen molar-refractivity contribution >= 4 is 0 Å². The molecule has 60 valence electrons. The quantitative estimate of drug-likeness (QED) is 0.581. The standard InChI is InChI=1S/C7H16N2O/c1-9-5-2-3-7(9)4-6-10-8/h7H,2-6,8H2,1H3. The topological polar surface area (TPSA) is 38.5 Å². The van der Waals surface area contributed by atoms with Gasteiger partial charge in [0.15, 0.2) is 0 Å². The van der Waals surface area contributed by atoms with E-state index in [2.05, 4.69) is 16.8 Å². The minimum absolute atomic E-state index is 0.689. The molecular weight excluding hydrogens is 128 g/mol. The molecule has 1 aliphatic heterocycles. The molecule has 1 aliphatic rings. The van der Waals surface area contributed by atoms with Gasteiger partial charge in [0.2, 0.25) is 0 Å². The molecule has 0 spiro atoms. The van der Waals surface area contributed by atoms with E-state index in [1.807, 2.05) is 0 Å². The molecule has 1 unspecified atom stereocenters. The van der Waals surface area contributed by atoms with Crippen molar-refractivity contribution in [1.82, 2.24) is 4.90 Å². The zero-order chi connectivity index (χ0) is 7.40. The third kappa shape index (κ3) is 1.94. The van der Waals surface area contributed by atoms with Gasteiger partial charge in [-0.05, 0) is 32.9 Å². The molecule has 0 aliphatic carbocycles. The maximum Gasteiger partial charge on any atom is 0.0694 e. The van der Waals surface area contributed by atoms with Crippen LogP contribution in [-0.2, 0) is 4.84 Å². The summed E-state index contributed by atoms with van der Waals surface area (Å²) in [4.78, 5) is 6.90. The molecule has 1 saturated heterocycles. The minimum Gasteiger partial charge on any atom is -0.305 e. The average molecular weight is 144 g/mol. The first-order valence-electron chi connectivity index (χ1n) is 3.86. The van der Waals surface area contributed by atoms with Gasteiger partial charge in [-0.3, -0.25) is 0 Å². The van der Waals surface area contributed by atoms with Crippen molar-refractivity contribution in [3.8, 4) is 0 Å². The van der Waals surface area contributed by atoms with Crippen molar-refractivity contribution in [2.24, 2.45) is 5.90 Å². The Kier molecular flexibility index (Phi) is 3.12. The lowest BCUT2D eigenvalue weighted by Gasteiger charge is -2.17. The fraction of sp³-hybridized carbons (Fsp3) is 1.00. The molecule has 0 aromatic rings. The fourth-order valence-corrected chi connectivity index (χ4v) is 1.55. The summed E-state index contributed by atoms with van der Waals surface area (Å²) in [5.41, 5.74) is 0. The van der Waals surface area contributed by atoms with Crippen molar-refractivity contribution in [1.29, 1.82) is 0 Å². The molecule has 0 radical (unpaired) electrons. The zero-order valence-electron chi connectivity index (χ0n) is 6.55. The Bertz CT molecular complexity index is 97.6. The van der Waals surface area contributed by atoms with Gasteiger partial charge in [0.1, 0.15) is 0 Å². The van der Waals surface area contributed by atoms with E-state index in [4.69, 9.17) is 5.90 Å². The van der Waals surface area contributed by atoms with Gasteiger partial charge in [-0.15, -0.1) is 0 Å². The smallest absolute Gasteiger partial charge is 0.0694 e. The SMILES string of the molecule is CN1CCCC1CCON. The lowest BCUT2D eigenvalue weighted by atomic mass is 10.2. The van der Waals surface area contributed by atoms with E-state index in [1.165, 1.54) is 19.4 Å². The third-order valence-electron chi connectivity index (χ3n) is 2.24. The number of hydrogen-bond donors (Lipinski definition) is 1. The van der Waals surface area contributed by atoms with Crippen LogP contribution < -0.4 is 5.90 Å². The number of hydrogen-bond acceptors (Lipinski definition) is 3. The van der Waals surface area contributed by atoms with Gasteiger partial charge in [-0.1, -0.05) is 0 Å². The summed E-state index contributed by atoms with van der Waals surface area (Å²) in [5.74, 6) is 4.93. The van der Waals surface area contributed by atoms with Crippen LogP contribution in [0.2, 0.25) is 0 Å². The van der Waals surface area contributed by atoms with Crippen LogP contribution in [0.3, 0.4) is 0 Å². The lowest BCUT2D eigenvalue weighted by molar-refractivity contribution is 0.116. The molecule has 0 aromatic carbocycles. The van der Waals surface area contributed by atoms with Crippen LogP contribution in [0, 0.1) is 0 Å². The second-order valence-corrected chi connectivity index (χ2v) is 2.94. The highest BCUT2D eigenvalue weighted by atomic mass is 16.6. The zero-order valence-corrected chi connectivity index (χ0v) is 6.55. The molecule has 0 bridgehead atoms. The van der Waals surface area contributed by atoms with Crippen LogP contribution >= 0.6 is 0 Å². The Hall–Kier alpha value is -0.120. The van der Waals surface area contributed by atoms with Crippen molar-refractivity contribution in [2.45, 2.75) is 25.3 Å². The Morgan fingerprint density at radius 1 is 1.70 bits per heavy atom. The molecule has 3 nitrogen and oxygen atoms in total. The minimum atomic E-state index is 0.689. The summed E-state index contributed by atoms with van der Waals surface area (Å²) in [6, 6.07) is 0.712. The predicted molar refractivity (Wildman–Crippen MR) is 40.4 cm³/mol. The lowest BCUT2D eigenvalue weighted by Crippen LogP contribution is -2.26. The Morgan fingerprint density at radius 3 is 3.00 bits per heavy atom. The summed E-state index contributed by atoms with van der Waals surface area (Å²) in [7, 11) is 2.16. The molecule has 1 rings (SSSR count). The number of likely N-dealkylation sites (tertiary alicyclic amines) is 1. The third-order valence-corrected chi connectivity index (χ3v) is 2.24. The van der Waals surface area contributed by atoms with Crippen molar-refractivity contribution in [3.05, 3.63) is 0 Å². The average Bonchev–Trinajstić information content (AvgIpc) is 2.31. The van der Waals surface area contributed by atoms with Gasteiger partial charge in [0.05, 0.1) is 6.61 Å². The predicted octanol–water partition coefficient (Wildman–Crippen LogP) is 0.361.